The highest BCUT2D eigenvalue weighted by atomic mass is 16.2. The minimum atomic E-state index is -0.0133. The quantitative estimate of drug-likeness (QED) is 0.541. The number of rotatable bonds is 1. The van der Waals surface area contributed by atoms with Crippen LogP contribution < -0.4 is 5.43 Å². The number of amides is 1. The zero-order valence-corrected chi connectivity index (χ0v) is 5.05. The normalized spacial score (nSPS) is 18.2. The second-order valence-electron chi connectivity index (χ2n) is 1.84. The minimum absolute atomic E-state index is 0.0133. The average molecular weight is 124 g/mol. The summed E-state index contributed by atoms with van der Waals surface area (Å²) in [4.78, 5) is 10.5. The SMILES string of the molecule is C=CC1=NNC(=O)CC1. The van der Waals surface area contributed by atoms with Gasteiger partial charge in [0.05, 0.1) is 5.71 Å². The third-order valence-corrected chi connectivity index (χ3v) is 1.17. The lowest BCUT2D eigenvalue weighted by atomic mass is 10.2. The number of hydrogen-bond donors (Lipinski definition) is 1. The summed E-state index contributed by atoms with van der Waals surface area (Å²) in [5, 5.41) is 3.73. The van der Waals surface area contributed by atoms with Gasteiger partial charge in [0.2, 0.25) is 5.91 Å². The van der Waals surface area contributed by atoms with E-state index in [0.717, 1.165) is 12.1 Å². The standard InChI is InChI=1S/C6H8N2O/c1-2-5-3-4-6(9)8-7-5/h2H,1,3-4H2,(H,8,9). The molecule has 0 aliphatic carbocycles. The van der Waals surface area contributed by atoms with Gasteiger partial charge in [-0.2, -0.15) is 5.10 Å². The summed E-state index contributed by atoms with van der Waals surface area (Å²) in [6.07, 6.45) is 2.90. The van der Waals surface area contributed by atoms with E-state index in [-0.39, 0.29) is 5.91 Å². The summed E-state index contributed by atoms with van der Waals surface area (Å²) in [7, 11) is 0. The molecule has 0 unspecified atom stereocenters. The summed E-state index contributed by atoms with van der Waals surface area (Å²) in [6, 6.07) is 0. The molecule has 1 rings (SSSR count). The van der Waals surface area contributed by atoms with Crippen LogP contribution in [0, 0.1) is 0 Å². The van der Waals surface area contributed by atoms with E-state index in [1.807, 2.05) is 0 Å². The number of carbonyl (C=O) groups excluding carboxylic acids is 1. The molecule has 0 saturated carbocycles. The maximum atomic E-state index is 10.5. The zero-order valence-electron chi connectivity index (χ0n) is 5.05. The van der Waals surface area contributed by atoms with E-state index in [4.69, 9.17) is 0 Å². The number of hydrazone groups is 1. The lowest BCUT2D eigenvalue weighted by molar-refractivity contribution is -0.121. The second kappa shape index (κ2) is 2.44. The Kier molecular flexibility index (Phi) is 1.63. The molecule has 0 spiro atoms. The van der Waals surface area contributed by atoms with Gasteiger partial charge >= 0.3 is 0 Å². The van der Waals surface area contributed by atoms with Gasteiger partial charge in [0.15, 0.2) is 0 Å². The van der Waals surface area contributed by atoms with E-state index in [9.17, 15) is 4.79 Å². The van der Waals surface area contributed by atoms with Crippen LogP contribution in [0.1, 0.15) is 12.8 Å². The fourth-order valence-electron chi connectivity index (χ4n) is 0.635. The highest BCUT2D eigenvalue weighted by molar-refractivity contribution is 5.99. The number of hydrogen-bond acceptors (Lipinski definition) is 2. The van der Waals surface area contributed by atoms with Crippen LogP contribution in [0.5, 0.6) is 0 Å². The van der Waals surface area contributed by atoms with Crippen LogP contribution in [0.15, 0.2) is 17.8 Å². The van der Waals surface area contributed by atoms with Gasteiger partial charge in [-0.25, -0.2) is 5.43 Å². The van der Waals surface area contributed by atoms with Crippen molar-refractivity contribution < 1.29 is 4.79 Å². The third-order valence-electron chi connectivity index (χ3n) is 1.17. The summed E-state index contributed by atoms with van der Waals surface area (Å²) < 4.78 is 0. The summed E-state index contributed by atoms with van der Waals surface area (Å²) in [6.45, 7) is 3.53. The monoisotopic (exact) mass is 124 g/mol. The Balaban J connectivity index is 2.59. The third kappa shape index (κ3) is 1.38. The predicted octanol–water partition coefficient (Wildman–Crippen LogP) is 0.438. The van der Waals surface area contributed by atoms with Crippen molar-refractivity contribution in [1.29, 1.82) is 0 Å². The Labute approximate surface area is 53.4 Å². The van der Waals surface area contributed by atoms with Crippen molar-refractivity contribution in [1.82, 2.24) is 5.43 Å². The molecule has 1 heterocycles. The number of nitrogens with one attached hydrogen (secondary N) is 1. The van der Waals surface area contributed by atoms with E-state index in [0.29, 0.717) is 6.42 Å². The van der Waals surface area contributed by atoms with Gasteiger partial charge in [-0.1, -0.05) is 6.58 Å². The van der Waals surface area contributed by atoms with Gasteiger partial charge in [-0.15, -0.1) is 0 Å². The van der Waals surface area contributed by atoms with Crippen LogP contribution >= 0.6 is 0 Å². The first-order valence-electron chi connectivity index (χ1n) is 2.81. The first-order valence-corrected chi connectivity index (χ1v) is 2.81. The first-order chi connectivity index (χ1) is 4.33. The van der Waals surface area contributed by atoms with Crippen LogP contribution in [-0.2, 0) is 4.79 Å². The average Bonchev–Trinajstić information content (AvgIpc) is 1.90. The fourth-order valence-corrected chi connectivity index (χ4v) is 0.635. The molecule has 1 amide bonds. The van der Waals surface area contributed by atoms with Crippen molar-refractivity contribution in [3.63, 3.8) is 0 Å². The largest absolute Gasteiger partial charge is 0.273 e. The molecule has 9 heavy (non-hydrogen) atoms. The molecule has 0 fully saturated rings. The summed E-state index contributed by atoms with van der Waals surface area (Å²) in [5.41, 5.74) is 3.22. The Morgan fingerprint density at radius 3 is 2.89 bits per heavy atom. The molecule has 0 radical (unpaired) electrons. The molecule has 0 aromatic heterocycles. The van der Waals surface area contributed by atoms with Crippen molar-refractivity contribution in [3.8, 4) is 0 Å². The summed E-state index contributed by atoms with van der Waals surface area (Å²) in [5.74, 6) is -0.0133. The minimum Gasteiger partial charge on any atom is -0.273 e. The highest BCUT2D eigenvalue weighted by Crippen LogP contribution is 1.98. The fraction of sp³-hybridized carbons (Fsp3) is 0.333. The Morgan fingerprint density at radius 2 is 2.44 bits per heavy atom. The zero-order chi connectivity index (χ0) is 6.69. The molecule has 3 nitrogen and oxygen atoms in total. The molecule has 1 aliphatic rings. The van der Waals surface area contributed by atoms with E-state index in [2.05, 4.69) is 17.1 Å². The smallest absolute Gasteiger partial charge is 0.240 e. The molecule has 0 aromatic rings. The lowest BCUT2D eigenvalue weighted by Crippen LogP contribution is -2.24. The molecule has 0 saturated heterocycles. The lowest BCUT2D eigenvalue weighted by Gasteiger charge is -2.06. The van der Waals surface area contributed by atoms with Crippen molar-refractivity contribution >= 4 is 11.6 Å². The van der Waals surface area contributed by atoms with E-state index >= 15 is 0 Å². The van der Waals surface area contributed by atoms with Crippen molar-refractivity contribution in [2.75, 3.05) is 0 Å². The number of allylic oxidation sites excluding steroid dienone is 1. The molecule has 0 bridgehead atoms. The van der Waals surface area contributed by atoms with Crippen LogP contribution in [-0.4, -0.2) is 11.6 Å². The molecular weight excluding hydrogens is 116 g/mol. The number of nitrogens with zero attached hydrogens (tertiary/aromatic N) is 1. The Bertz CT molecular complexity index is 172. The van der Waals surface area contributed by atoms with Crippen LogP contribution in [0.2, 0.25) is 0 Å². The van der Waals surface area contributed by atoms with Crippen molar-refractivity contribution in [2.24, 2.45) is 5.10 Å². The Hall–Kier alpha value is -1.12. The van der Waals surface area contributed by atoms with E-state index in [1.165, 1.54) is 0 Å². The summed E-state index contributed by atoms with van der Waals surface area (Å²) >= 11 is 0. The van der Waals surface area contributed by atoms with Crippen molar-refractivity contribution in [2.45, 2.75) is 12.8 Å². The van der Waals surface area contributed by atoms with Gasteiger partial charge in [0.25, 0.3) is 0 Å². The van der Waals surface area contributed by atoms with Gasteiger partial charge in [-0.05, 0) is 6.08 Å². The predicted molar refractivity (Wildman–Crippen MR) is 35.0 cm³/mol. The van der Waals surface area contributed by atoms with E-state index in [1.54, 1.807) is 6.08 Å². The van der Waals surface area contributed by atoms with Gasteiger partial charge in [0.1, 0.15) is 0 Å². The highest BCUT2D eigenvalue weighted by Gasteiger charge is 2.07. The van der Waals surface area contributed by atoms with E-state index < -0.39 is 0 Å². The molecule has 48 valence electrons. The maximum absolute atomic E-state index is 10.5. The van der Waals surface area contributed by atoms with Crippen LogP contribution in [0.4, 0.5) is 0 Å². The van der Waals surface area contributed by atoms with Gasteiger partial charge < -0.3 is 0 Å². The van der Waals surface area contributed by atoms with Gasteiger partial charge in [0, 0.05) is 12.8 Å². The molecule has 0 aromatic carbocycles. The topological polar surface area (TPSA) is 41.5 Å². The number of carbonyl (C=O) groups is 1. The van der Waals surface area contributed by atoms with Crippen molar-refractivity contribution in [3.05, 3.63) is 12.7 Å². The molecule has 3 heteroatoms. The van der Waals surface area contributed by atoms with Crippen LogP contribution in [0.25, 0.3) is 0 Å². The second-order valence-corrected chi connectivity index (χ2v) is 1.84. The molecule has 0 atom stereocenters. The molecule has 1 N–H and O–H groups in total. The maximum Gasteiger partial charge on any atom is 0.240 e. The first kappa shape index (κ1) is 6.01. The molecular formula is C6H8N2O. The van der Waals surface area contributed by atoms with Crippen LogP contribution in [0.3, 0.4) is 0 Å². The van der Waals surface area contributed by atoms with Gasteiger partial charge in [-0.3, -0.25) is 4.79 Å². The molecule has 1 aliphatic heterocycles. The Morgan fingerprint density at radius 1 is 1.67 bits per heavy atom.